The average molecular weight is 399 g/mol. The smallest absolute Gasteiger partial charge is 0.224 e. The number of rotatable bonds is 5. The molecule has 5 nitrogen and oxygen atoms in total. The first-order valence-electron chi connectivity index (χ1n) is 11.8. The third-order valence-electron chi connectivity index (χ3n) is 7.41. The fourth-order valence-electron chi connectivity index (χ4n) is 5.60. The molecule has 4 rings (SSSR count). The number of pyridine rings is 1. The number of amides is 1. The normalized spacial score (nSPS) is 26.9. The maximum absolute atomic E-state index is 13.0. The minimum absolute atomic E-state index is 0.0370. The molecule has 5 heteroatoms. The van der Waals surface area contributed by atoms with E-state index in [1.54, 1.807) is 0 Å². The van der Waals surface area contributed by atoms with Crippen LogP contribution in [0.3, 0.4) is 0 Å². The van der Waals surface area contributed by atoms with Gasteiger partial charge in [0.05, 0.1) is 5.92 Å². The molecular weight excluding hydrogens is 360 g/mol. The molecule has 3 heterocycles. The topological polar surface area (TPSA) is 48.5 Å². The highest BCUT2D eigenvalue weighted by Gasteiger charge is 2.35. The van der Waals surface area contributed by atoms with Gasteiger partial charge in [-0.05, 0) is 76.7 Å². The molecule has 0 bridgehead atoms. The number of aromatic nitrogens is 1. The third-order valence-corrected chi connectivity index (χ3v) is 7.41. The maximum atomic E-state index is 13.0. The third kappa shape index (κ3) is 5.58. The number of hydrogen-bond donors (Lipinski definition) is 1. The SMILES string of the molecule is CC1(NC(=O)C2CCCN(C3CCN(Cc4cccnc4)CC3)C2)CCCCC1. The molecule has 1 aliphatic carbocycles. The monoisotopic (exact) mass is 398 g/mol. The van der Waals surface area contributed by atoms with Gasteiger partial charge in [-0.15, -0.1) is 0 Å². The summed E-state index contributed by atoms with van der Waals surface area (Å²) in [6, 6.07) is 4.83. The van der Waals surface area contributed by atoms with Crippen LogP contribution in [0.25, 0.3) is 0 Å². The highest BCUT2D eigenvalue weighted by molar-refractivity contribution is 5.79. The van der Waals surface area contributed by atoms with Gasteiger partial charge in [0, 0.05) is 37.1 Å². The van der Waals surface area contributed by atoms with Crippen molar-refractivity contribution in [2.75, 3.05) is 26.2 Å². The first-order valence-corrected chi connectivity index (χ1v) is 11.8. The summed E-state index contributed by atoms with van der Waals surface area (Å²) < 4.78 is 0. The Morgan fingerprint density at radius 1 is 1.14 bits per heavy atom. The van der Waals surface area contributed by atoms with Crippen LogP contribution in [0.1, 0.15) is 70.3 Å². The quantitative estimate of drug-likeness (QED) is 0.823. The second-order valence-corrected chi connectivity index (χ2v) is 9.81. The summed E-state index contributed by atoms with van der Waals surface area (Å²) in [6.45, 7) is 7.66. The first kappa shape index (κ1) is 20.8. The molecule has 2 saturated heterocycles. The molecule has 160 valence electrons. The van der Waals surface area contributed by atoms with Crippen molar-refractivity contribution in [3.8, 4) is 0 Å². The number of carbonyl (C=O) groups is 1. The molecule has 3 aliphatic rings. The molecule has 1 saturated carbocycles. The molecule has 2 aliphatic heterocycles. The van der Waals surface area contributed by atoms with Crippen molar-refractivity contribution in [1.82, 2.24) is 20.1 Å². The van der Waals surface area contributed by atoms with Gasteiger partial charge in [0.2, 0.25) is 5.91 Å². The first-order chi connectivity index (χ1) is 14.1. The van der Waals surface area contributed by atoms with E-state index in [9.17, 15) is 4.79 Å². The lowest BCUT2D eigenvalue weighted by atomic mass is 9.82. The Morgan fingerprint density at radius 3 is 2.66 bits per heavy atom. The fourth-order valence-corrected chi connectivity index (χ4v) is 5.60. The minimum atomic E-state index is 0.0370. The Labute approximate surface area is 176 Å². The van der Waals surface area contributed by atoms with E-state index in [-0.39, 0.29) is 11.5 Å². The molecule has 3 fully saturated rings. The number of piperidine rings is 2. The highest BCUT2D eigenvalue weighted by atomic mass is 16.2. The van der Waals surface area contributed by atoms with Gasteiger partial charge in [-0.25, -0.2) is 0 Å². The summed E-state index contributed by atoms with van der Waals surface area (Å²) in [5, 5.41) is 3.44. The Balaban J connectivity index is 1.25. The van der Waals surface area contributed by atoms with Gasteiger partial charge in [-0.2, -0.15) is 0 Å². The number of likely N-dealkylation sites (tertiary alicyclic amines) is 2. The van der Waals surface area contributed by atoms with Crippen LogP contribution in [-0.2, 0) is 11.3 Å². The van der Waals surface area contributed by atoms with E-state index in [1.807, 2.05) is 18.5 Å². The van der Waals surface area contributed by atoms with Crippen LogP contribution >= 0.6 is 0 Å². The van der Waals surface area contributed by atoms with Crippen LogP contribution in [0.2, 0.25) is 0 Å². The van der Waals surface area contributed by atoms with Gasteiger partial charge in [0.15, 0.2) is 0 Å². The summed E-state index contributed by atoms with van der Waals surface area (Å²) in [4.78, 5) is 22.4. The van der Waals surface area contributed by atoms with E-state index in [0.717, 1.165) is 58.4 Å². The Hall–Kier alpha value is -1.46. The van der Waals surface area contributed by atoms with Gasteiger partial charge in [0.25, 0.3) is 0 Å². The summed E-state index contributed by atoms with van der Waals surface area (Å²) in [7, 11) is 0. The van der Waals surface area contributed by atoms with Gasteiger partial charge >= 0.3 is 0 Å². The van der Waals surface area contributed by atoms with Crippen molar-refractivity contribution in [3.63, 3.8) is 0 Å². The number of nitrogens with zero attached hydrogens (tertiary/aromatic N) is 3. The van der Waals surface area contributed by atoms with E-state index in [1.165, 1.54) is 37.7 Å². The van der Waals surface area contributed by atoms with E-state index in [4.69, 9.17) is 0 Å². The van der Waals surface area contributed by atoms with Crippen LogP contribution in [0.15, 0.2) is 24.5 Å². The number of hydrogen-bond acceptors (Lipinski definition) is 4. The van der Waals surface area contributed by atoms with E-state index < -0.39 is 0 Å². The molecule has 1 amide bonds. The standard InChI is InChI=1S/C24H38N4O/c1-24(11-3-2-4-12-24)26-23(29)21-8-6-14-28(19-21)22-9-15-27(16-10-22)18-20-7-5-13-25-17-20/h5,7,13,17,21-22H,2-4,6,8-12,14-16,18-19H2,1H3,(H,26,29). The van der Waals surface area contributed by atoms with Crippen molar-refractivity contribution in [1.29, 1.82) is 0 Å². The predicted molar refractivity (Wildman–Crippen MR) is 116 cm³/mol. The Morgan fingerprint density at radius 2 is 1.93 bits per heavy atom. The van der Waals surface area contributed by atoms with Crippen LogP contribution in [-0.4, -0.2) is 58.5 Å². The Bertz CT molecular complexity index is 650. The van der Waals surface area contributed by atoms with Crippen molar-refractivity contribution in [3.05, 3.63) is 30.1 Å². The van der Waals surface area contributed by atoms with E-state index in [0.29, 0.717) is 11.9 Å². The van der Waals surface area contributed by atoms with Crippen LogP contribution in [0.4, 0.5) is 0 Å². The molecule has 1 aromatic heterocycles. The largest absolute Gasteiger partial charge is 0.351 e. The Kier molecular flexibility index (Phi) is 6.86. The van der Waals surface area contributed by atoms with Gasteiger partial charge in [0.1, 0.15) is 0 Å². The molecule has 0 spiro atoms. The summed E-state index contributed by atoms with van der Waals surface area (Å²) >= 11 is 0. The van der Waals surface area contributed by atoms with Crippen LogP contribution in [0, 0.1) is 5.92 Å². The average Bonchev–Trinajstić information content (AvgIpc) is 2.75. The van der Waals surface area contributed by atoms with Crippen LogP contribution in [0.5, 0.6) is 0 Å². The predicted octanol–water partition coefficient (Wildman–Crippen LogP) is 3.60. The fraction of sp³-hybridized carbons (Fsp3) is 0.750. The number of carbonyl (C=O) groups excluding carboxylic acids is 1. The molecule has 29 heavy (non-hydrogen) atoms. The van der Waals surface area contributed by atoms with E-state index >= 15 is 0 Å². The van der Waals surface area contributed by atoms with E-state index in [2.05, 4.69) is 33.1 Å². The lowest BCUT2D eigenvalue weighted by Crippen LogP contribution is -2.54. The summed E-state index contributed by atoms with van der Waals surface area (Å²) in [5.41, 5.74) is 1.34. The van der Waals surface area contributed by atoms with Crippen molar-refractivity contribution in [2.24, 2.45) is 5.92 Å². The molecular formula is C24H38N4O. The van der Waals surface area contributed by atoms with Crippen LogP contribution < -0.4 is 5.32 Å². The molecule has 1 unspecified atom stereocenters. The van der Waals surface area contributed by atoms with Gasteiger partial charge < -0.3 is 5.32 Å². The zero-order valence-electron chi connectivity index (χ0n) is 18.1. The zero-order valence-corrected chi connectivity index (χ0v) is 18.1. The van der Waals surface area contributed by atoms with Gasteiger partial charge in [-0.1, -0.05) is 25.3 Å². The number of nitrogens with one attached hydrogen (secondary N) is 1. The summed E-state index contributed by atoms with van der Waals surface area (Å²) in [5.74, 6) is 0.490. The second kappa shape index (κ2) is 9.57. The molecule has 0 aromatic carbocycles. The maximum Gasteiger partial charge on any atom is 0.224 e. The molecule has 1 atom stereocenters. The molecule has 1 N–H and O–H groups in total. The lowest BCUT2D eigenvalue weighted by molar-refractivity contribution is -0.129. The molecule has 0 radical (unpaired) electrons. The lowest BCUT2D eigenvalue weighted by Gasteiger charge is -2.43. The van der Waals surface area contributed by atoms with Crippen molar-refractivity contribution >= 4 is 5.91 Å². The summed E-state index contributed by atoms with van der Waals surface area (Å²) in [6.07, 6.45) is 14.6. The highest BCUT2D eigenvalue weighted by Crippen LogP contribution is 2.29. The van der Waals surface area contributed by atoms with Crippen molar-refractivity contribution in [2.45, 2.75) is 82.8 Å². The minimum Gasteiger partial charge on any atom is -0.351 e. The molecule has 1 aromatic rings. The zero-order chi connectivity index (χ0) is 20.1. The van der Waals surface area contributed by atoms with Gasteiger partial charge in [-0.3, -0.25) is 19.6 Å². The second-order valence-electron chi connectivity index (χ2n) is 9.81. The van der Waals surface area contributed by atoms with Crippen molar-refractivity contribution < 1.29 is 4.79 Å².